The fourth-order valence-corrected chi connectivity index (χ4v) is 5.85. The second-order valence-electron chi connectivity index (χ2n) is 6.19. The van der Waals surface area contributed by atoms with Gasteiger partial charge in [-0.1, -0.05) is 0 Å². The highest BCUT2D eigenvalue weighted by Gasteiger charge is 2.34. The Morgan fingerprint density at radius 2 is 2.08 bits per heavy atom. The molecule has 0 aromatic carbocycles. The molecule has 1 aromatic rings. The second kappa shape index (κ2) is 7.77. The van der Waals surface area contributed by atoms with E-state index in [1.807, 2.05) is 23.3 Å². The minimum absolute atomic E-state index is 0.0948. The number of rotatable bonds is 4. The molecular weight excluding hydrogens is 378 g/mol. The quantitative estimate of drug-likeness (QED) is 0.775. The number of amides is 1. The van der Waals surface area contributed by atoms with Crippen LogP contribution in [0.1, 0.15) is 30.5 Å². The van der Waals surface area contributed by atoms with Crippen LogP contribution in [0.5, 0.6) is 0 Å². The maximum atomic E-state index is 12.9. The number of aromatic nitrogens is 1. The number of sulfonamides is 1. The van der Waals surface area contributed by atoms with Crippen LogP contribution < -0.4 is 0 Å². The second-order valence-corrected chi connectivity index (χ2v) is 10.6. The van der Waals surface area contributed by atoms with Gasteiger partial charge in [-0.3, -0.25) is 4.79 Å². The summed E-state index contributed by atoms with van der Waals surface area (Å²) in [5, 5.41) is 3.97. The third kappa shape index (κ3) is 4.27. The molecule has 9 heteroatoms. The van der Waals surface area contributed by atoms with E-state index in [-0.39, 0.29) is 17.6 Å². The Morgan fingerprint density at radius 1 is 1.36 bits per heavy atom. The normalized spacial score (nSPS) is 22.0. The van der Waals surface area contributed by atoms with E-state index < -0.39 is 10.0 Å². The van der Waals surface area contributed by atoms with Crippen molar-refractivity contribution < 1.29 is 13.2 Å². The van der Waals surface area contributed by atoms with Gasteiger partial charge in [-0.15, -0.1) is 23.1 Å². The van der Waals surface area contributed by atoms with Crippen molar-refractivity contribution in [2.45, 2.75) is 26.7 Å². The number of thiazole rings is 1. The Morgan fingerprint density at radius 3 is 2.68 bits per heavy atom. The van der Waals surface area contributed by atoms with Crippen LogP contribution in [-0.4, -0.2) is 59.7 Å². The molecule has 6 nitrogen and oxygen atoms in total. The van der Waals surface area contributed by atoms with E-state index in [0.29, 0.717) is 32.5 Å². The van der Waals surface area contributed by atoms with Crippen LogP contribution in [0.3, 0.4) is 0 Å². The van der Waals surface area contributed by atoms with Gasteiger partial charge in [-0.05, 0) is 32.8 Å². The average Bonchev–Trinajstić information content (AvgIpc) is 3.23. The Labute approximate surface area is 157 Å². The topological polar surface area (TPSA) is 70.6 Å². The smallest absolute Gasteiger partial charge is 0.230 e. The summed E-state index contributed by atoms with van der Waals surface area (Å²) in [6.45, 7) is 5.22. The fraction of sp³-hybridized carbons (Fsp3) is 0.625. The van der Waals surface area contributed by atoms with Gasteiger partial charge in [0.1, 0.15) is 0 Å². The van der Waals surface area contributed by atoms with Crippen molar-refractivity contribution in [2.24, 2.45) is 5.92 Å². The number of hydrogen-bond donors (Lipinski definition) is 0. The van der Waals surface area contributed by atoms with Crippen molar-refractivity contribution in [3.05, 3.63) is 21.1 Å². The van der Waals surface area contributed by atoms with Crippen molar-refractivity contribution in [3.8, 4) is 0 Å². The Balaban J connectivity index is 1.66. The summed E-state index contributed by atoms with van der Waals surface area (Å²) in [5.41, 5.74) is 0.897. The fourth-order valence-electron chi connectivity index (χ4n) is 3.12. The first kappa shape index (κ1) is 18.9. The lowest BCUT2D eigenvalue weighted by molar-refractivity contribution is -0.133. The Kier molecular flexibility index (Phi) is 5.87. The van der Waals surface area contributed by atoms with Gasteiger partial charge in [0.15, 0.2) is 0 Å². The average molecular weight is 402 g/mol. The lowest BCUT2D eigenvalue weighted by Crippen LogP contribution is -2.43. The maximum Gasteiger partial charge on any atom is 0.230 e. The van der Waals surface area contributed by atoms with E-state index in [9.17, 15) is 13.2 Å². The van der Waals surface area contributed by atoms with Crippen LogP contribution in [0, 0.1) is 12.8 Å². The number of thioether (sulfide) groups is 1. The van der Waals surface area contributed by atoms with Crippen LogP contribution in [0.4, 0.5) is 0 Å². The van der Waals surface area contributed by atoms with Gasteiger partial charge in [0.25, 0.3) is 0 Å². The highest BCUT2D eigenvalue weighted by molar-refractivity contribution is 8.03. The van der Waals surface area contributed by atoms with Gasteiger partial charge >= 0.3 is 0 Å². The molecule has 0 spiro atoms. The molecule has 2 aliphatic rings. The van der Waals surface area contributed by atoms with E-state index in [1.165, 1.54) is 4.31 Å². The third-order valence-electron chi connectivity index (χ3n) is 4.57. The van der Waals surface area contributed by atoms with Gasteiger partial charge in [0.2, 0.25) is 15.9 Å². The molecule has 25 heavy (non-hydrogen) atoms. The van der Waals surface area contributed by atoms with E-state index in [0.717, 1.165) is 21.5 Å². The molecule has 1 amide bonds. The Bertz CT molecular complexity index is 765. The van der Waals surface area contributed by atoms with Crippen LogP contribution in [-0.2, 0) is 14.8 Å². The molecule has 0 saturated carbocycles. The van der Waals surface area contributed by atoms with Crippen LogP contribution in [0.15, 0.2) is 10.4 Å². The first-order chi connectivity index (χ1) is 11.9. The monoisotopic (exact) mass is 401 g/mol. The predicted molar refractivity (Wildman–Crippen MR) is 103 cm³/mol. The zero-order chi connectivity index (χ0) is 18.0. The van der Waals surface area contributed by atoms with Gasteiger partial charge in [0.05, 0.1) is 21.5 Å². The van der Waals surface area contributed by atoms with E-state index in [1.54, 1.807) is 30.0 Å². The highest BCUT2D eigenvalue weighted by Crippen LogP contribution is 2.33. The number of hydrogen-bond acceptors (Lipinski definition) is 6. The predicted octanol–water partition coefficient (Wildman–Crippen LogP) is 2.39. The number of carbonyl (C=O) groups is 1. The van der Waals surface area contributed by atoms with Crippen LogP contribution in [0.2, 0.25) is 0 Å². The molecule has 2 fully saturated rings. The van der Waals surface area contributed by atoms with Crippen molar-refractivity contribution in [3.63, 3.8) is 0 Å². The molecule has 0 unspecified atom stereocenters. The van der Waals surface area contributed by atoms with Crippen molar-refractivity contribution in [1.82, 2.24) is 14.2 Å². The number of carbonyl (C=O) groups excluding carboxylic acids is 1. The molecule has 0 radical (unpaired) electrons. The first-order valence-corrected chi connectivity index (χ1v) is 11.9. The van der Waals surface area contributed by atoms with Gasteiger partial charge in [-0.25, -0.2) is 17.7 Å². The first-order valence-electron chi connectivity index (χ1n) is 8.46. The highest BCUT2D eigenvalue weighted by atomic mass is 32.2. The molecule has 0 aliphatic carbocycles. The minimum Gasteiger partial charge on any atom is -0.306 e. The molecule has 0 bridgehead atoms. The SMILES string of the molecule is CCS(=O)(=O)N1CCC(C(=O)N2CCS/C2=C/c2csc(C)n2)CC1. The van der Waals surface area contributed by atoms with Crippen molar-refractivity contribution >= 4 is 45.1 Å². The molecular formula is C16H23N3O3S3. The zero-order valence-electron chi connectivity index (χ0n) is 14.5. The molecule has 0 N–H and O–H groups in total. The minimum atomic E-state index is -3.15. The summed E-state index contributed by atoms with van der Waals surface area (Å²) in [6.07, 6.45) is 3.18. The summed E-state index contributed by atoms with van der Waals surface area (Å²) < 4.78 is 25.4. The maximum absolute atomic E-state index is 12.9. The van der Waals surface area contributed by atoms with Gasteiger partial charge in [0, 0.05) is 36.7 Å². The molecule has 138 valence electrons. The lowest BCUT2D eigenvalue weighted by Gasteiger charge is -2.32. The molecule has 1 aromatic heterocycles. The Hall–Kier alpha value is -0.900. The summed E-state index contributed by atoms with van der Waals surface area (Å²) >= 11 is 3.28. The molecule has 0 atom stereocenters. The molecule has 3 rings (SSSR count). The summed E-state index contributed by atoms with van der Waals surface area (Å²) in [6, 6.07) is 0. The number of piperidine rings is 1. The molecule has 3 heterocycles. The molecule has 2 saturated heterocycles. The van der Waals surface area contributed by atoms with Gasteiger partial charge in [-0.2, -0.15) is 0 Å². The summed E-state index contributed by atoms with van der Waals surface area (Å²) in [5.74, 6) is 1.04. The van der Waals surface area contributed by atoms with Crippen molar-refractivity contribution in [1.29, 1.82) is 0 Å². The van der Waals surface area contributed by atoms with Crippen molar-refractivity contribution in [2.75, 3.05) is 31.1 Å². The lowest BCUT2D eigenvalue weighted by atomic mass is 9.96. The number of aryl methyl sites for hydroxylation is 1. The van der Waals surface area contributed by atoms with E-state index in [2.05, 4.69) is 4.98 Å². The standard InChI is InChI=1S/C16H23N3O3S3/c1-3-25(21,22)18-6-4-13(5-7-18)16(20)19-8-9-23-15(19)10-14-11-24-12(2)17-14/h10-11,13H,3-9H2,1-2H3/b15-10+. The summed E-state index contributed by atoms with van der Waals surface area (Å²) in [4.78, 5) is 19.2. The van der Waals surface area contributed by atoms with Crippen LogP contribution in [0.25, 0.3) is 6.08 Å². The largest absolute Gasteiger partial charge is 0.306 e. The van der Waals surface area contributed by atoms with Crippen LogP contribution >= 0.6 is 23.1 Å². The molecule has 2 aliphatic heterocycles. The van der Waals surface area contributed by atoms with Gasteiger partial charge < -0.3 is 4.90 Å². The number of nitrogens with zero attached hydrogens (tertiary/aromatic N) is 3. The van der Waals surface area contributed by atoms with E-state index >= 15 is 0 Å². The summed E-state index contributed by atoms with van der Waals surface area (Å²) in [7, 11) is -3.15. The van der Waals surface area contributed by atoms with E-state index in [4.69, 9.17) is 0 Å². The third-order valence-corrected chi connectivity index (χ3v) is 8.26. The zero-order valence-corrected chi connectivity index (χ0v) is 16.9.